The van der Waals surface area contributed by atoms with Gasteiger partial charge >= 0.3 is 6.18 Å². The molecule has 1 aliphatic carbocycles. The fourth-order valence-electron chi connectivity index (χ4n) is 4.06. The van der Waals surface area contributed by atoms with Gasteiger partial charge in [0.25, 0.3) is 6.43 Å². The van der Waals surface area contributed by atoms with Crippen LogP contribution in [0.15, 0.2) is 18.3 Å². The van der Waals surface area contributed by atoms with Crippen LogP contribution < -0.4 is 9.64 Å². The smallest absolute Gasteiger partial charge is 0.425 e. The van der Waals surface area contributed by atoms with E-state index < -0.39 is 36.3 Å². The number of hydrogen-bond donors (Lipinski definition) is 1. The first kappa shape index (κ1) is 23.6. The van der Waals surface area contributed by atoms with Crippen molar-refractivity contribution in [3.05, 3.63) is 18.3 Å². The van der Waals surface area contributed by atoms with Gasteiger partial charge in [0.2, 0.25) is 11.8 Å². The predicted octanol–water partition coefficient (Wildman–Crippen LogP) is 3.72. The number of carbonyl (C=O) groups excluding carboxylic acids is 1. The summed E-state index contributed by atoms with van der Waals surface area (Å²) in [6.07, 6.45) is -5.95. The van der Waals surface area contributed by atoms with Crippen LogP contribution in [0.25, 0.3) is 0 Å². The number of pyridine rings is 1. The zero-order valence-electron chi connectivity index (χ0n) is 17.0. The minimum atomic E-state index is -4.51. The van der Waals surface area contributed by atoms with Gasteiger partial charge < -0.3 is 19.5 Å². The van der Waals surface area contributed by atoms with Gasteiger partial charge in [-0.3, -0.25) is 4.79 Å². The van der Waals surface area contributed by atoms with Gasteiger partial charge in [-0.25, -0.2) is 13.8 Å². The number of alkyl halides is 5. The van der Waals surface area contributed by atoms with Gasteiger partial charge in [0.15, 0.2) is 6.10 Å². The number of halogens is 5. The molecular weight excluding hydrogens is 427 g/mol. The van der Waals surface area contributed by atoms with E-state index in [-0.39, 0.29) is 31.2 Å². The van der Waals surface area contributed by atoms with E-state index in [0.29, 0.717) is 31.5 Å². The Morgan fingerprint density at radius 3 is 2.42 bits per heavy atom. The zero-order chi connectivity index (χ0) is 22.9. The van der Waals surface area contributed by atoms with E-state index in [2.05, 4.69) is 4.98 Å². The molecule has 1 N–H and O–H groups in total. The molecule has 1 saturated heterocycles. The quantitative estimate of drug-likeness (QED) is 0.639. The molecule has 1 saturated carbocycles. The number of ether oxygens (including phenoxy) is 2. The van der Waals surface area contributed by atoms with E-state index in [4.69, 9.17) is 9.47 Å². The van der Waals surface area contributed by atoms with Gasteiger partial charge in [0.1, 0.15) is 6.61 Å². The molecule has 1 aromatic heterocycles. The number of hydrogen-bond acceptors (Lipinski definition) is 5. The minimum absolute atomic E-state index is 0.137. The Labute approximate surface area is 176 Å². The van der Waals surface area contributed by atoms with Crippen molar-refractivity contribution in [2.24, 2.45) is 5.41 Å². The van der Waals surface area contributed by atoms with Crippen molar-refractivity contribution >= 4 is 11.6 Å². The Balaban J connectivity index is 1.59. The van der Waals surface area contributed by atoms with Gasteiger partial charge in [-0.1, -0.05) is 0 Å². The van der Waals surface area contributed by atoms with Crippen molar-refractivity contribution in [3.63, 3.8) is 0 Å². The summed E-state index contributed by atoms with van der Waals surface area (Å²) in [5.74, 6) is -0.330. The molecule has 1 spiro atoms. The predicted molar refractivity (Wildman–Crippen MR) is 100 cm³/mol. The van der Waals surface area contributed by atoms with E-state index in [0.717, 1.165) is 6.92 Å². The molecule has 0 aromatic carbocycles. The molecule has 2 aliphatic rings. The molecule has 2 heterocycles. The number of rotatable bonds is 7. The van der Waals surface area contributed by atoms with Crippen LogP contribution in [0.3, 0.4) is 0 Å². The number of nitrogens with zero attached hydrogens (tertiary/aromatic N) is 2. The number of carbonyl (C=O) groups is 1. The highest BCUT2D eigenvalue weighted by atomic mass is 19.4. The van der Waals surface area contributed by atoms with Crippen molar-refractivity contribution in [2.75, 3.05) is 24.7 Å². The standard InChI is InChI=1S/C20H25F5N2O4/c1-13(20(23,24)25)31-16-3-2-14(10-26-16)27-9-8-18(17(27)28)4-6-19(29,7-5-18)12-30-11-15(21)22/h2-3,10,13,15,29H,4-9,11-12H2,1H3/t13-,18?,19?/m1/s1. The second-order valence-electron chi connectivity index (χ2n) is 8.27. The average Bonchev–Trinajstić information content (AvgIpc) is 3.01. The third kappa shape index (κ3) is 5.43. The lowest BCUT2D eigenvalue weighted by Crippen LogP contribution is -2.46. The second kappa shape index (κ2) is 8.85. The molecule has 2 fully saturated rings. The topological polar surface area (TPSA) is 71.9 Å². The summed E-state index contributed by atoms with van der Waals surface area (Å²) in [6.45, 7) is 0.355. The minimum Gasteiger partial charge on any atom is -0.465 e. The molecule has 1 atom stereocenters. The number of aromatic nitrogens is 1. The van der Waals surface area contributed by atoms with Crippen molar-refractivity contribution in [3.8, 4) is 5.88 Å². The van der Waals surface area contributed by atoms with E-state index >= 15 is 0 Å². The first-order chi connectivity index (χ1) is 14.4. The number of aliphatic hydroxyl groups is 1. The fourth-order valence-corrected chi connectivity index (χ4v) is 4.06. The molecule has 0 radical (unpaired) electrons. The molecule has 0 unspecified atom stereocenters. The Morgan fingerprint density at radius 2 is 1.87 bits per heavy atom. The van der Waals surface area contributed by atoms with Crippen molar-refractivity contribution in [1.82, 2.24) is 4.98 Å². The zero-order valence-corrected chi connectivity index (χ0v) is 17.0. The van der Waals surface area contributed by atoms with E-state index in [1.807, 2.05) is 0 Å². The lowest BCUT2D eigenvalue weighted by Gasteiger charge is -2.40. The van der Waals surface area contributed by atoms with Crippen LogP contribution in [0.4, 0.5) is 27.6 Å². The third-order valence-electron chi connectivity index (χ3n) is 6.06. The SMILES string of the molecule is C[C@@H](Oc1ccc(N2CCC3(CCC(O)(COCC(F)F)CC3)C2=O)cn1)C(F)(F)F. The maximum absolute atomic E-state index is 13.1. The Kier molecular flexibility index (Phi) is 6.75. The maximum atomic E-state index is 13.1. The lowest BCUT2D eigenvalue weighted by atomic mass is 9.68. The van der Waals surface area contributed by atoms with Crippen LogP contribution in [-0.4, -0.2) is 60.1 Å². The van der Waals surface area contributed by atoms with Crippen LogP contribution in [-0.2, 0) is 9.53 Å². The Hall–Kier alpha value is -2.01. The highest BCUT2D eigenvalue weighted by Gasteiger charge is 2.51. The normalized spacial score (nSPS) is 27.9. The van der Waals surface area contributed by atoms with E-state index in [1.165, 1.54) is 23.2 Å². The summed E-state index contributed by atoms with van der Waals surface area (Å²) in [4.78, 5) is 18.5. The number of anilines is 1. The largest absolute Gasteiger partial charge is 0.465 e. The van der Waals surface area contributed by atoms with Gasteiger partial charge in [-0.15, -0.1) is 0 Å². The molecule has 31 heavy (non-hydrogen) atoms. The summed E-state index contributed by atoms with van der Waals surface area (Å²) in [5, 5.41) is 10.6. The Morgan fingerprint density at radius 1 is 1.19 bits per heavy atom. The molecular formula is C20H25F5N2O4. The molecule has 174 valence electrons. The molecule has 1 amide bonds. The number of amides is 1. The van der Waals surface area contributed by atoms with Crippen LogP contribution in [0.5, 0.6) is 5.88 Å². The van der Waals surface area contributed by atoms with Crippen molar-refractivity contribution in [2.45, 2.75) is 63.3 Å². The van der Waals surface area contributed by atoms with Crippen LogP contribution in [0.2, 0.25) is 0 Å². The van der Waals surface area contributed by atoms with Gasteiger partial charge in [-0.05, 0) is 45.1 Å². The van der Waals surface area contributed by atoms with E-state index in [9.17, 15) is 31.9 Å². The second-order valence-corrected chi connectivity index (χ2v) is 8.27. The molecule has 11 heteroatoms. The van der Waals surface area contributed by atoms with Crippen molar-refractivity contribution in [1.29, 1.82) is 0 Å². The van der Waals surface area contributed by atoms with Crippen LogP contribution in [0, 0.1) is 5.41 Å². The van der Waals surface area contributed by atoms with Crippen molar-refractivity contribution < 1.29 is 41.3 Å². The summed E-state index contributed by atoms with van der Waals surface area (Å²) >= 11 is 0. The molecule has 1 aromatic rings. The van der Waals surface area contributed by atoms with Crippen LogP contribution >= 0.6 is 0 Å². The Bertz CT molecular complexity index is 764. The summed E-state index contributed by atoms with van der Waals surface area (Å²) < 4.78 is 71.9. The molecule has 3 rings (SSSR count). The van der Waals surface area contributed by atoms with Gasteiger partial charge in [-0.2, -0.15) is 13.2 Å². The van der Waals surface area contributed by atoms with E-state index in [1.54, 1.807) is 0 Å². The molecule has 6 nitrogen and oxygen atoms in total. The van der Waals surface area contributed by atoms with Gasteiger partial charge in [0.05, 0.1) is 29.5 Å². The fraction of sp³-hybridized carbons (Fsp3) is 0.700. The monoisotopic (exact) mass is 452 g/mol. The lowest BCUT2D eigenvalue weighted by molar-refractivity contribution is -0.189. The first-order valence-corrected chi connectivity index (χ1v) is 10.0. The summed E-state index contributed by atoms with van der Waals surface area (Å²) in [6, 6.07) is 2.77. The first-order valence-electron chi connectivity index (χ1n) is 10.0. The van der Waals surface area contributed by atoms with Gasteiger partial charge in [0, 0.05) is 12.6 Å². The maximum Gasteiger partial charge on any atom is 0.425 e. The highest BCUT2D eigenvalue weighted by molar-refractivity contribution is 5.99. The summed E-state index contributed by atoms with van der Waals surface area (Å²) in [5.41, 5.74) is -1.44. The van der Waals surface area contributed by atoms with Crippen LogP contribution in [0.1, 0.15) is 39.0 Å². The third-order valence-corrected chi connectivity index (χ3v) is 6.06. The average molecular weight is 452 g/mol. The molecule has 0 bridgehead atoms. The molecule has 1 aliphatic heterocycles. The summed E-state index contributed by atoms with van der Waals surface area (Å²) in [7, 11) is 0. The highest BCUT2D eigenvalue weighted by Crippen LogP contribution is 2.48.